The van der Waals surface area contributed by atoms with E-state index in [1.807, 2.05) is 4.90 Å². The fourth-order valence-corrected chi connectivity index (χ4v) is 2.34. The van der Waals surface area contributed by atoms with Crippen molar-refractivity contribution >= 4 is 12.0 Å². The second kappa shape index (κ2) is 6.61. The number of nitrogens with zero attached hydrogens (tertiary/aromatic N) is 2. The Morgan fingerprint density at radius 2 is 2.00 bits per heavy atom. The third-order valence-electron chi connectivity index (χ3n) is 3.57. The molecule has 0 aromatic heterocycles. The zero-order chi connectivity index (χ0) is 13.7. The van der Waals surface area contributed by atoms with Gasteiger partial charge in [0.05, 0.1) is 0 Å². The van der Waals surface area contributed by atoms with E-state index >= 15 is 0 Å². The molecule has 0 radical (unpaired) electrons. The highest BCUT2D eigenvalue weighted by Gasteiger charge is 2.28. The maximum Gasteiger partial charge on any atom is 0.319 e. The molecule has 0 bridgehead atoms. The third kappa shape index (κ3) is 4.20. The van der Waals surface area contributed by atoms with Gasteiger partial charge in [0.25, 0.3) is 0 Å². The van der Waals surface area contributed by atoms with E-state index in [1.54, 1.807) is 11.9 Å². The van der Waals surface area contributed by atoms with E-state index < -0.39 is 5.97 Å². The van der Waals surface area contributed by atoms with E-state index in [0.29, 0.717) is 18.9 Å². The van der Waals surface area contributed by atoms with Crippen molar-refractivity contribution in [3.8, 4) is 0 Å². The predicted molar refractivity (Wildman–Crippen MR) is 69.5 cm³/mol. The lowest BCUT2D eigenvalue weighted by atomic mass is 9.95. The van der Waals surface area contributed by atoms with Gasteiger partial charge in [-0.25, -0.2) is 4.79 Å². The summed E-state index contributed by atoms with van der Waals surface area (Å²) in [6.07, 6.45) is 2.85. The fourth-order valence-electron chi connectivity index (χ4n) is 2.34. The zero-order valence-corrected chi connectivity index (χ0v) is 11.6. The molecule has 1 fully saturated rings. The van der Waals surface area contributed by atoms with Gasteiger partial charge in [0.1, 0.15) is 0 Å². The van der Waals surface area contributed by atoms with Crippen LogP contribution in [0.3, 0.4) is 0 Å². The van der Waals surface area contributed by atoms with Crippen LogP contribution in [-0.4, -0.2) is 53.1 Å². The van der Waals surface area contributed by atoms with Crippen LogP contribution in [0.1, 0.15) is 39.5 Å². The van der Waals surface area contributed by atoms with Gasteiger partial charge in [0.2, 0.25) is 0 Å². The first-order valence-corrected chi connectivity index (χ1v) is 6.65. The van der Waals surface area contributed by atoms with Crippen molar-refractivity contribution in [3.05, 3.63) is 0 Å². The molecule has 2 atom stereocenters. The molecule has 0 spiro atoms. The molecule has 5 heteroatoms. The number of amides is 2. The van der Waals surface area contributed by atoms with Crippen LogP contribution in [0.25, 0.3) is 0 Å². The average molecular weight is 256 g/mol. The minimum absolute atomic E-state index is 0.0273. The minimum atomic E-state index is -0.809. The second-order valence-corrected chi connectivity index (χ2v) is 5.39. The predicted octanol–water partition coefficient (Wildman–Crippen LogP) is 2.02. The van der Waals surface area contributed by atoms with Gasteiger partial charge in [-0.3, -0.25) is 4.79 Å². The number of piperidine rings is 1. The quantitative estimate of drug-likeness (QED) is 0.837. The fraction of sp³-hybridized carbons (Fsp3) is 0.846. The lowest BCUT2D eigenvalue weighted by Gasteiger charge is -2.39. The topological polar surface area (TPSA) is 60.9 Å². The summed E-state index contributed by atoms with van der Waals surface area (Å²) in [5.41, 5.74) is 0. The molecule has 1 N–H and O–H groups in total. The Hall–Kier alpha value is -1.26. The number of hydrogen-bond acceptors (Lipinski definition) is 2. The Bertz CT molecular complexity index is 307. The first-order chi connectivity index (χ1) is 8.41. The molecule has 5 nitrogen and oxygen atoms in total. The van der Waals surface area contributed by atoms with Gasteiger partial charge >= 0.3 is 12.0 Å². The summed E-state index contributed by atoms with van der Waals surface area (Å²) >= 11 is 0. The Balaban J connectivity index is 2.43. The molecule has 2 unspecified atom stereocenters. The van der Waals surface area contributed by atoms with Crippen LogP contribution in [0.5, 0.6) is 0 Å². The zero-order valence-electron chi connectivity index (χ0n) is 11.6. The Kier molecular flexibility index (Phi) is 5.44. The summed E-state index contributed by atoms with van der Waals surface area (Å²) < 4.78 is 0. The van der Waals surface area contributed by atoms with Crippen LogP contribution in [0.2, 0.25) is 0 Å². The molecule has 18 heavy (non-hydrogen) atoms. The molecule has 0 aliphatic carbocycles. The normalized spacial score (nSPS) is 23.8. The van der Waals surface area contributed by atoms with Crippen LogP contribution >= 0.6 is 0 Å². The first kappa shape index (κ1) is 14.8. The summed E-state index contributed by atoms with van der Waals surface area (Å²) in [6, 6.07) is 0.315. The smallest absolute Gasteiger partial charge is 0.319 e. The summed E-state index contributed by atoms with van der Waals surface area (Å²) in [6.45, 7) is 5.55. The number of urea groups is 1. The van der Waals surface area contributed by atoms with E-state index in [-0.39, 0.29) is 18.5 Å². The van der Waals surface area contributed by atoms with Gasteiger partial charge in [-0.1, -0.05) is 6.92 Å². The molecule has 104 valence electrons. The molecule has 0 saturated carbocycles. The van der Waals surface area contributed by atoms with Gasteiger partial charge in [-0.15, -0.1) is 0 Å². The summed E-state index contributed by atoms with van der Waals surface area (Å²) in [4.78, 5) is 26.2. The third-order valence-corrected chi connectivity index (χ3v) is 3.57. The van der Waals surface area contributed by atoms with Crippen LogP contribution < -0.4 is 0 Å². The highest BCUT2D eigenvalue weighted by Crippen LogP contribution is 2.22. The second-order valence-electron chi connectivity index (χ2n) is 5.39. The van der Waals surface area contributed by atoms with Gasteiger partial charge < -0.3 is 14.9 Å². The number of carbonyl (C=O) groups excluding carboxylic acids is 1. The lowest BCUT2D eigenvalue weighted by Crippen LogP contribution is -2.50. The number of carbonyl (C=O) groups is 2. The molecular weight excluding hydrogens is 232 g/mol. The Morgan fingerprint density at radius 3 is 2.61 bits per heavy atom. The molecular formula is C13H24N2O3. The van der Waals surface area contributed by atoms with E-state index in [9.17, 15) is 9.59 Å². The van der Waals surface area contributed by atoms with Gasteiger partial charge in [-0.2, -0.15) is 0 Å². The number of rotatable bonds is 4. The molecule has 1 heterocycles. The van der Waals surface area contributed by atoms with Crippen LogP contribution in [-0.2, 0) is 4.79 Å². The number of carboxylic acids is 1. The number of likely N-dealkylation sites (tertiary alicyclic amines) is 1. The largest absolute Gasteiger partial charge is 0.481 e. The van der Waals surface area contributed by atoms with Crippen molar-refractivity contribution in [2.24, 2.45) is 5.92 Å². The monoisotopic (exact) mass is 256 g/mol. The van der Waals surface area contributed by atoms with E-state index in [1.165, 1.54) is 6.42 Å². The Labute approximate surface area is 109 Å². The van der Waals surface area contributed by atoms with Crippen molar-refractivity contribution in [2.45, 2.75) is 45.6 Å². The number of hydrogen-bond donors (Lipinski definition) is 1. The summed E-state index contributed by atoms with van der Waals surface area (Å²) in [7, 11) is 1.75. The molecule has 0 aromatic carbocycles. The maximum absolute atomic E-state index is 12.2. The highest BCUT2D eigenvalue weighted by atomic mass is 16.4. The highest BCUT2D eigenvalue weighted by molar-refractivity contribution is 5.74. The molecule has 1 aliphatic heterocycles. The van der Waals surface area contributed by atoms with Gasteiger partial charge in [0.15, 0.2) is 0 Å². The van der Waals surface area contributed by atoms with Gasteiger partial charge in [-0.05, 0) is 32.1 Å². The van der Waals surface area contributed by atoms with E-state index in [2.05, 4.69) is 13.8 Å². The van der Waals surface area contributed by atoms with Crippen LogP contribution in [0, 0.1) is 5.92 Å². The van der Waals surface area contributed by atoms with Crippen LogP contribution in [0.15, 0.2) is 0 Å². The van der Waals surface area contributed by atoms with Crippen molar-refractivity contribution < 1.29 is 14.7 Å². The van der Waals surface area contributed by atoms with Crippen molar-refractivity contribution in [3.63, 3.8) is 0 Å². The molecule has 2 amide bonds. The number of carboxylic acid groups (broad SMARTS) is 1. The minimum Gasteiger partial charge on any atom is -0.481 e. The SMILES string of the molecule is CC1CCC(C)N(C(=O)N(C)CCCC(=O)O)C1. The summed E-state index contributed by atoms with van der Waals surface area (Å²) in [5.74, 6) is -0.256. The maximum atomic E-state index is 12.2. The van der Waals surface area contributed by atoms with Crippen molar-refractivity contribution in [2.75, 3.05) is 20.1 Å². The summed E-state index contributed by atoms with van der Waals surface area (Å²) in [5, 5.41) is 8.58. The van der Waals surface area contributed by atoms with Crippen molar-refractivity contribution in [1.82, 2.24) is 9.80 Å². The van der Waals surface area contributed by atoms with Crippen molar-refractivity contribution in [1.29, 1.82) is 0 Å². The van der Waals surface area contributed by atoms with Crippen LogP contribution in [0.4, 0.5) is 4.79 Å². The van der Waals surface area contributed by atoms with E-state index in [4.69, 9.17) is 5.11 Å². The molecule has 1 aliphatic rings. The van der Waals surface area contributed by atoms with E-state index in [0.717, 1.165) is 13.0 Å². The molecule has 1 saturated heterocycles. The van der Waals surface area contributed by atoms with Gasteiger partial charge in [0, 0.05) is 32.6 Å². The number of aliphatic carboxylic acids is 1. The Morgan fingerprint density at radius 1 is 1.33 bits per heavy atom. The lowest BCUT2D eigenvalue weighted by molar-refractivity contribution is -0.137. The first-order valence-electron chi connectivity index (χ1n) is 6.65. The molecule has 0 aromatic rings. The standard InChI is InChI=1S/C13H24N2O3/c1-10-6-7-11(2)15(9-10)13(18)14(3)8-4-5-12(16)17/h10-11H,4-9H2,1-3H3,(H,16,17). The average Bonchev–Trinajstić information content (AvgIpc) is 2.30. The molecule has 1 rings (SSSR count).